The lowest BCUT2D eigenvalue weighted by molar-refractivity contribution is 0.133. The zero-order valence-corrected chi connectivity index (χ0v) is 16.2. The smallest absolute Gasteiger partial charge is 0.194 e. The lowest BCUT2D eigenvalue weighted by atomic mass is 10.1. The standard InChI is InChI=1S/C19H27ClN4O/c1-5-25-14-16-9-7-6-8-15(16)11-22-19(21-2)24(4)13-18-10-17(20)12-23(18)3/h6-10,12H,5,11,13-14H2,1-4H3,(H,21,22). The molecule has 25 heavy (non-hydrogen) atoms. The summed E-state index contributed by atoms with van der Waals surface area (Å²) in [5.41, 5.74) is 3.55. The van der Waals surface area contributed by atoms with Crippen LogP contribution in [-0.4, -0.2) is 36.1 Å². The van der Waals surface area contributed by atoms with Crippen molar-refractivity contribution in [2.75, 3.05) is 20.7 Å². The van der Waals surface area contributed by atoms with Crippen molar-refractivity contribution < 1.29 is 4.74 Å². The number of ether oxygens (including phenoxy) is 1. The number of aryl methyl sites for hydroxylation is 1. The van der Waals surface area contributed by atoms with Gasteiger partial charge in [0.25, 0.3) is 0 Å². The van der Waals surface area contributed by atoms with Crippen LogP contribution in [0, 0.1) is 0 Å². The SMILES string of the molecule is CCOCc1ccccc1CNC(=NC)N(C)Cc1cc(Cl)cn1C. The molecule has 0 bridgehead atoms. The largest absolute Gasteiger partial charge is 0.377 e. The predicted molar refractivity (Wildman–Crippen MR) is 104 cm³/mol. The third-order valence-corrected chi connectivity index (χ3v) is 4.27. The molecule has 0 saturated carbocycles. The van der Waals surface area contributed by atoms with Crippen LogP contribution < -0.4 is 5.32 Å². The van der Waals surface area contributed by atoms with E-state index in [2.05, 4.69) is 27.3 Å². The first-order valence-electron chi connectivity index (χ1n) is 8.42. The topological polar surface area (TPSA) is 41.8 Å². The molecule has 2 aromatic rings. The molecule has 6 heteroatoms. The molecule has 0 fully saturated rings. The van der Waals surface area contributed by atoms with Crippen molar-refractivity contribution in [2.45, 2.75) is 26.6 Å². The molecule has 1 heterocycles. The summed E-state index contributed by atoms with van der Waals surface area (Å²) in [6, 6.07) is 10.3. The summed E-state index contributed by atoms with van der Waals surface area (Å²) >= 11 is 6.07. The van der Waals surface area contributed by atoms with Crippen LogP contribution in [0.4, 0.5) is 0 Å². The molecule has 0 aliphatic rings. The Morgan fingerprint density at radius 1 is 1.32 bits per heavy atom. The van der Waals surface area contributed by atoms with Crippen molar-refractivity contribution in [2.24, 2.45) is 12.0 Å². The second kappa shape index (κ2) is 9.49. The molecule has 0 unspecified atom stereocenters. The van der Waals surface area contributed by atoms with Gasteiger partial charge in [0.2, 0.25) is 0 Å². The Morgan fingerprint density at radius 3 is 2.64 bits per heavy atom. The highest BCUT2D eigenvalue weighted by atomic mass is 35.5. The van der Waals surface area contributed by atoms with E-state index in [9.17, 15) is 0 Å². The number of guanidine groups is 1. The average Bonchev–Trinajstić information content (AvgIpc) is 2.91. The van der Waals surface area contributed by atoms with Gasteiger partial charge in [-0.15, -0.1) is 0 Å². The van der Waals surface area contributed by atoms with Crippen LogP contribution in [0.2, 0.25) is 5.02 Å². The van der Waals surface area contributed by atoms with Crippen LogP contribution in [0.15, 0.2) is 41.5 Å². The summed E-state index contributed by atoms with van der Waals surface area (Å²) in [7, 11) is 5.81. The van der Waals surface area contributed by atoms with Gasteiger partial charge in [0.1, 0.15) is 0 Å². The van der Waals surface area contributed by atoms with Crippen molar-refractivity contribution in [3.8, 4) is 0 Å². The van der Waals surface area contributed by atoms with Crippen LogP contribution in [-0.2, 0) is 31.5 Å². The zero-order valence-electron chi connectivity index (χ0n) is 15.4. The van der Waals surface area contributed by atoms with Crippen LogP contribution in [0.1, 0.15) is 23.7 Å². The fourth-order valence-corrected chi connectivity index (χ4v) is 2.96. The molecule has 0 aliphatic heterocycles. The third-order valence-electron chi connectivity index (χ3n) is 4.06. The highest BCUT2D eigenvalue weighted by molar-refractivity contribution is 6.30. The monoisotopic (exact) mass is 362 g/mol. The first-order valence-corrected chi connectivity index (χ1v) is 8.80. The fraction of sp³-hybridized carbons (Fsp3) is 0.421. The number of hydrogen-bond donors (Lipinski definition) is 1. The number of rotatable bonds is 7. The van der Waals surface area contributed by atoms with Gasteiger partial charge in [0.05, 0.1) is 18.2 Å². The fourth-order valence-electron chi connectivity index (χ4n) is 2.68. The summed E-state index contributed by atoms with van der Waals surface area (Å²) in [5, 5.41) is 4.18. The van der Waals surface area contributed by atoms with Crippen LogP contribution in [0.25, 0.3) is 0 Å². The van der Waals surface area contributed by atoms with Gasteiger partial charge in [-0.2, -0.15) is 0 Å². The average molecular weight is 363 g/mol. The normalized spacial score (nSPS) is 11.6. The Labute approximate surface area is 155 Å². The van der Waals surface area contributed by atoms with Gasteiger partial charge in [-0.1, -0.05) is 35.9 Å². The maximum absolute atomic E-state index is 6.07. The van der Waals surface area contributed by atoms with Crippen LogP contribution in [0.5, 0.6) is 0 Å². The number of halogens is 1. The highest BCUT2D eigenvalue weighted by Crippen LogP contribution is 2.14. The number of benzene rings is 1. The number of hydrogen-bond acceptors (Lipinski definition) is 2. The molecule has 0 radical (unpaired) electrons. The molecule has 0 atom stereocenters. The molecular weight excluding hydrogens is 336 g/mol. The quantitative estimate of drug-likeness (QED) is 0.606. The molecule has 0 aliphatic carbocycles. The maximum Gasteiger partial charge on any atom is 0.194 e. The molecular formula is C19H27ClN4O. The minimum absolute atomic E-state index is 0.630. The summed E-state index contributed by atoms with van der Waals surface area (Å²) in [6.45, 7) is 4.78. The van der Waals surface area contributed by atoms with Gasteiger partial charge >= 0.3 is 0 Å². The van der Waals surface area contributed by atoms with E-state index in [-0.39, 0.29) is 0 Å². The maximum atomic E-state index is 6.07. The van der Waals surface area contributed by atoms with Crippen molar-refractivity contribution in [3.05, 3.63) is 58.4 Å². The van der Waals surface area contributed by atoms with Crippen molar-refractivity contribution >= 4 is 17.6 Å². The second-order valence-electron chi connectivity index (χ2n) is 5.92. The molecule has 0 spiro atoms. The number of nitrogens with zero attached hydrogens (tertiary/aromatic N) is 3. The van der Waals surface area contributed by atoms with E-state index in [1.54, 1.807) is 7.05 Å². The molecule has 1 aromatic heterocycles. The Balaban J connectivity index is 1.99. The highest BCUT2D eigenvalue weighted by Gasteiger charge is 2.10. The van der Waals surface area contributed by atoms with E-state index in [4.69, 9.17) is 16.3 Å². The lowest BCUT2D eigenvalue weighted by Crippen LogP contribution is -2.38. The molecule has 0 saturated heterocycles. The van der Waals surface area contributed by atoms with Crippen LogP contribution >= 0.6 is 11.6 Å². The third kappa shape index (κ3) is 5.51. The van der Waals surface area contributed by atoms with E-state index >= 15 is 0 Å². The predicted octanol–water partition coefficient (Wildman–Crippen LogP) is 3.42. The van der Waals surface area contributed by atoms with E-state index < -0.39 is 0 Å². The van der Waals surface area contributed by atoms with Crippen molar-refractivity contribution in [1.29, 1.82) is 0 Å². The molecule has 1 aromatic carbocycles. The van der Waals surface area contributed by atoms with Gasteiger partial charge < -0.3 is 19.5 Å². The Kier molecular flexibility index (Phi) is 7.34. The van der Waals surface area contributed by atoms with Crippen molar-refractivity contribution in [3.63, 3.8) is 0 Å². The van der Waals surface area contributed by atoms with Gasteiger partial charge in [0, 0.05) is 46.2 Å². The van der Waals surface area contributed by atoms with Gasteiger partial charge in [0.15, 0.2) is 5.96 Å². The molecule has 2 rings (SSSR count). The van der Waals surface area contributed by atoms with E-state index in [1.165, 1.54) is 11.1 Å². The summed E-state index contributed by atoms with van der Waals surface area (Å²) in [5.74, 6) is 0.837. The van der Waals surface area contributed by atoms with E-state index in [0.29, 0.717) is 19.8 Å². The molecule has 1 N–H and O–H groups in total. The molecule has 136 valence electrons. The molecule has 5 nitrogen and oxygen atoms in total. The van der Waals surface area contributed by atoms with Gasteiger partial charge in [-0.3, -0.25) is 4.99 Å². The second-order valence-corrected chi connectivity index (χ2v) is 6.36. The number of nitrogens with one attached hydrogen (secondary N) is 1. The molecule has 0 amide bonds. The summed E-state index contributed by atoms with van der Waals surface area (Å²) < 4.78 is 7.58. The number of aromatic nitrogens is 1. The van der Waals surface area contributed by atoms with E-state index in [1.807, 2.05) is 50.0 Å². The van der Waals surface area contributed by atoms with Crippen LogP contribution in [0.3, 0.4) is 0 Å². The zero-order chi connectivity index (χ0) is 18.2. The van der Waals surface area contributed by atoms with Crippen molar-refractivity contribution in [1.82, 2.24) is 14.8 Å². The first kappa shape index (κ1) is 19.3. The Morgan fingerprint density at radius 2 is 2.04 bits per heavy atom. The Hall–Kier alpha value is -1.98. The van der Waals surface area contributed by atoms with Gasteiger partial charge in [-0.05, 0) is 24.1 Å². The number of aliphatic imine (C=N–C) groups is 1. The lowest BCUT2D eigenvalue weighted by Gasteiger charge is -2.23. The first-order chi connectivity index (χ1) is 12.0. The summed E-state index contributed by atoms with van der Waals surface area (Å²) in [4.78, 5) is 6.47. The summed E-state index contributed by atoms with van der Waals surface area (Å²) in [6.07, 6.45) is 1.91. The Bertz CT molecular complexity index is 711. The van der Waals surface area contributed by atoms with E-state index in [0.717, 1.165) is 23.2 Å². The minimum Gasteiger partial charge on any atom is -0.377 e. The minimum atomic E-state index is 0.630. The van der Waals surface area contributed by atoms with Gasteiger partial charge in [-0.25, -0.2) is 0 Å².